The second-order valence-electron chi connectivity index (χ2n) is 6.04. The maximum absolute atomic E-state index is 12.4. The van der Waals surface area contributed by atoms with Crippen molar-refractivity contribution in [2.45, 2.75) is 19.6 Å². The number of aromatic nitrogens is 4. The summed E-state index contributed by atoms with van der Waals surface area (Å²) in [7, 11) is 1.84. The van der Waals surface area contributed by atoms with E-state index in [2.05, 4.69) is 10.1 Å². The van der Waals surface area contributed by atoms with Crippen LogP contribution >= 0.6 is 11.3 Å². The molecule has 4 aromatic rings. The zero-order chi connectivity index (χ0) is 19.0. The maximum Gasteiger partial charge on any atom is 0.420 e. The Morgan fingerprint density at radius 1 is 1.37 bits per heavy atom. The largest absolute Gasteiger partial charge is 0.458 e. The zero-order valence-electron chi connectivity index (χ0n) is 14.7. The number of thiazole rings is 1. The van der Waals surface area contributed by atoms with Crippen molar-refractivity contribution in [3.63, 3.8) is 0 Å². The molecule has 0 aliphatic rings. The van der Waals surface area contributed by atoms with Crippen molar-refractivity contribution < 1.29 is 13.9 Å². The fourth-order valence-corrected chi connectivity index (χ4v) is 3.54. The molecule has 1 aromatic carbocycles. The highest BCUT2D eigenvalue weighted by Gasteiger charge is 2.23. The van der Waals surface area contributed by atoms with Gasteiger partial charge in [-0.3, -0.25) is 9.25 Å². The molecule has 0 spiro atoms. The van der Waals surface area contributed by atoms with Gasteiger partial charge < -0.3 is 9.15 Å². The topological polar surface area (TPSA) is 92.1 Å². The molecule has 4 rings (SSSR count). The van der Waals surface area contributed by atoms with Gasteiger partial charge in [-0.05, 0) is 19.1 Å². The minimum absolute atomic E-state index is 0.0322. The van der Waals surface area contributed by atoms with Crippen LogP contribution in [0.25, 0.3) is 21.7 Å². The first-order valence-corrected chi connectivity index (χ1v) is 9.11. The molecule has 0 amide bonds. The fraction of sp³-hybridized carbons (Fsp3) is 0.222. The molecule has 3 aromatic heterocycles. The highest BCUT2D eigenvalue weighted by atomic mass is 32.1. The first-order chi connectivity index (χ1) is 13.0. The number of hydrogen-bond donors (Lipinski definition) is 0. The fourth-order valence-electron chi connectivity index (χ4n) is 2.76. The average Bonchev–Trinajstić information content (AvgIpc) is 3.36. The molecule has 0 N–H and O–H groups in total. The Balaban J connectivity index is 1.47. The number of hydrogen-bond acceptors (Lipinski definition) is 7. The van der Waals surface area contributed by atoms with Gasteiger partial charge in [0.25, 0.3) is 0 Å². The number of ether oxygens (including phenoxy) is 1. The van der Waals surface area contributed by atoms with Crippen molar-refractivity contribution in [2.75, 3.05) is 0 Å². The van der Waals surface area contributed by atoms with Crippen molar-refractivity contribution in [3.05, 3.63) is 58.3 Å². The molecule has 9 heteroatoms. The Hall–Kier alpha value is -3.20. The lowest BCUT2D eigenvalue weighted by Crippen LogP contribution is -2.26. The van der Waals surface area contributed by atoms with E-state index in [0.717, 1.165) is 10.6 Å². The molecular weight excluding hydrogens is 368 g/mol. The van der Waals surface area contributed by atoms with Crippen LogP contribution in [0.1, 0.15) is 18.7 Å². The maximum atomic E-state index is 12.4. The number of esters is 1. The predicted octanol–water partition coefficient (Wildman–Crippen LogP) is 2.76. The van der Waals surface area contributed by atoms with Gasteiger partial charge in [0.2, 0.25) is 0 Å². The molecule has 8 nitrogen and oxygen atoms in total. The normalized spacial score (nSPS) is 12.4. The Kier molecular flexibility index (Phi) is 4.36. The number of rotatable bonds is 5. The lowest BCUT2D eigenvalue weighted by atomic mass is 10.3. The van der Waals surface area contributed by atoms with Gasteiger partial charge in [0, 0.05) is 24.2 Å². The van der Waals surface area contributed by atoms with Crippen LogP contribution in [0.4, 0.5) is 0 Å². The van der Waals surface area contributed by atoms with Crippen molar-refractivity contribution in [3.8, 4) is 10.6 Å². The summed E-state index contributed by atoms with van der Waals surface area (Å²) < 4.78 is 13.5. The molecule has 0 saturated heterocycles. The standard InChI is InChI=1S/C18H16N4O4S/c1-11(22-14-5-3-4-6-15(14)26-18(22)24)17(23)25-9-13-10-27-16(20-13)12-7-19-21(2)8-12/h3-8,10-11H,9H2,1-2H3. The highest BCUT2D eigenvalue weighted by molar-refractivity contribution is 7.13. The molecule has 0 fully saturated rings. The average molecular weight is 384 g/mol. The van der Waals surface area contributed by atoms with E-state index in [-0.39, 0.29) is 6.61 Å². The van der Waals surface area contributed by atoms with E-state index < -0.39 is 17.8 Å². The first-order valence-electron chi connectivity index (χ1n) is 8.23. The van der Waals surface area contributed by atoms with Crippen LogP contribution in [-0.4, -0.2) is 25.3 Å². The van der Waals surface area contributed by atoms with Gasteiger partial charge in [0.05, 0.1) is 17.4 Å². The van der Waals surface area contributed by atoms with Gasteiger partial charge in [-0.15, -0.1) is 11.3 Å². The zero-order valence-corrected chi connectivity index (χ0v) is 15.5. The molecule has 0 aliphatic carbocycles. The SMILES string of the molecule is CC(C(=O)OCc1csc(-c2cnn(C)c2)n1)n1c(=O)oc2ccccc21. The third-order valence-corrected chi connectivity index (χ3v) is 5.05. The smallest absolute Gasteiger partial charge is 0.420 e. The van der Waals surface area contributed by atoms with Gasteiger partial charge in [0.1, 0.15) is 17.7 Å². The third-order valence-electron chi connectivity index (χ3n) is 4.11. The second kappa shape index (κ2) is 6.84. The Bertz CT molecular complexity index is 1170. The molecule has 138 valence electrons. The van der Waals surface area contributed by atoms with E-state index in [0.29, 0.717) is 16.8 Å². The van der Waals surface area contributed by atoms with Gasteiger partial charge in [-0.2, -0.15) is 5.10 Å². The minimum atomic E-state index is -0.808. The number of carbonyl (C=O) groups is 1. The van der Waals surface area contributed by atoms with E-state index in [1.165, 1.54) is 15.9 Å². The number of oxazole rings is 1. The Morgan fingerprint density at radius 3 is 2.96 bits per heavy atom. The quantitative estimate of drug-likeness (QED) is 0.491. The van der Waals surface area contributed by atoms with E-state index in [1.54, 1.807) is 42.1 Å². The van der Waals surface area contributed by atoms with Crippen LogP contribution in [0.15, 0.2) is 51.3 Å². The van der Waals surface area contributed by atoms with Gasteiger partial charge in [0.15, 0.2) is 5.58 Å². The molecule has 0 saturated carbocycles. The van der Waals surface area contributed by atoms with E-state index in [9.17, 15) is 9.59 Å². The Labute approximate surface area is 157 Å². The van der Waals surface area contributed by atoms with Crippen LogP contribution in [0, 0.1) is 0 Å². The second-order valence-corrected chi connectivity index (χ2v) is 6.89. The van der Waals surface area contributed by atoms with Crippen molar-refractivity contribution in [1.29, 1.82) is 0 Å². The van der Waals surface area contributed by atoms with Gasteiger partial charge in [-0.25, -0.2) is 14.6 Å². The molecular formula is C18H16N4O4S. The van der Waals surface area contributed by atoms with Crippen LogP contribution in [0.2, 0.25) is 0 Å². The summed E-state index contributed by atoms with van der Waals surface area (Å²) in [6.07, 6.45) is 3.60. The number of nitrogens with zero attached hydrogens (tertiary/aromatic N) is 4. The molecule has 1 atom stereocenters. The van der Waals surface area contributed by atoms with Crippen molar-refractivity contribution in [1.82, 2.24) is 19.3 Å². The van der Waals surface area contributed by atoms with E-state index >= 15 is 0 Å². The molecule has 0 radical (unpaired) electrons. The predicted molar refractivity (Wildman–Crippen MR) is 99.3 cm³/mol. The molecule has 1 unspecified atom stereocenters. The number of carbonyl (C=O) groups excluding carboxylic acids is 1. The van der Waals surface area contributed by atoms with Gasteiger partial charge >= 0.3 is 11.7 Å². The minimum Gasteiger partial charge on any atom is -0.458 e. The molecule has 0 bridgehead atoms. The number of benzene rings is 1. The third kappa shape index (κ3) is 3.28. The summed E-state index contributed by atoms with van der Waals surface area (Å²) in [5.74, 6) is -1.12. The highest BCUT2D eigenvalue weighted by Crippen LogP contribution is 2.24. The Morgan fingerprint density at radius 2 is 2.19 bits per heavy atom. The number of fused-ring (bicyclic) bond motifs is 1. The molecule has 27 heavy (non-hydrogen) atoms. The lowest BCUT2D eigenvalue weighted by Gasteiger charge is -2.11. The summed E-state index contributed by atoms with van der Waals surface area (Å²) in [6.45, 7) is 1.64. The van der Waals surface area contributed by atoms with E-state index in [4.69, 9.17) is 9.15 Å². The van der Waals surface area contributed by atoms with Crippen LogP contribution in [-0.2, 0) is 23.2 Å². The summed E-state index contributed by atoms with van der Waals surface area (Å²) in [6, 6.07) is 6.14. The van der Waals surface area contributed by atoms with Crippen LogP contribution in [0.3, 0.4) is 0 Å². The first kappa shape index (κ1) is 17.2. The summed E-state index contributed by atoms with van der Waals surface area (Å²) in [5.41, 5.74) is 2.54. The summed E-state index contributed by atoms with van der Waals surface area (Å²) >= 11 is 1.45. The summed E-state index contributed by atoms with van der Waals surface area (Å²) in [4.78, 5) is 29.0. The number of para-hydroxylation sites is 2. The van der Waals surface area contributed by atoms with Gasteiger partial charge in [-0.1, -0.05) is 12.1 Å². The van der Waals surface area contributed by atoms with Crippen molar-refractivity contribution >= 4 is 28.4 Å². The van der Waals surface area contributed by atoms with Crippen LogP contribution < -0.4 is 5.76 Å². The lowest BCUT2D eigenvalue weighted by molar-refractivity contribution is -0.148. The van der Waals surface area contributed by atoms with Crippen molar-refractivity contribution in [2.24, 2.45) is 7.05 Å². The molecule has 3 heterocycles. The van der Waals surface area contributed by atoms with E-state index in [1.807, 2.05) is 18.6 Å². The number of aryl methyl sites for hydroxylation is 1. The molecule has 0 aliphatic heterocycles. The summed E-state index contributed by atoms with van der Waals surface area (Å²) in [5, 5.41) is 6.76. The van der Waals surface area contributed by atoms with Crippen LogP contribution in [0.5, 0.6) is 0 Å². The monoisotopic (exact) mass is 384 g/mol.